The normalized spacial score (nSPS) is 17.3. The third-order valence-electron chi connectivity index (χ3n) is 1.76. The fourth-order valence-corrected chi connectivity index (χ4v) is 1.25. The lowest BCUT2D eigenvalue weighted by Gasteiger charge is -2.15. The summed E-state index contributed by atoms with van der Waals surface area (Å²) < 4.78 is 2.24. The van der Waals surface area contributed by atoms with Gasteiger partial charge in [-0.25, -0.2) is 0 Å². The zero-order valence-electron chi connectivity index (χ0n) is 5.30. The van der Waals surface area contributed by atoms with Crippen LogP contribution in [0.15, 0.2) is 18.3 Å². The van der Waals surface area contributed by atoms with E-state index >= 15 is 0 Å². The molecule has 1 aliphatic heterocycles. The van der Waals surface area contributed by atoms with Gasteiger partial charge in [-0.1, -0.05) is 0 Å². The van der Waals surface area contributed by atoms with Gasteiger partial charge in [-0.2, -0.15) is 0 Å². The van der Waals surface area contributed by atoms with Gasteiger partial charge in [0.2, 0.25) is 0 Å². The van der Waals surface area contributed by atoms with E-state index in [0.717, 1.165) is 13.2 Å². The highest BCUT2D eigenvalue weighted by atomic mass is 15.1. The van der Waals surface area contributed by atoms with Crippen molar-refractivity contribution < 1.29 is 0 Å². The number of nitrogens with one attached hydrogen (secondary N) is 1. The Morgan fingerprint density at radius 3 is 3.44 bits per heavy atom. The van der Waals surface area contributed by atoms with E-state index in [-0.39, 0.29) is 0 Å². The first-order valence-electron chi connectivity index (χ1n) is 3.31. The van der Waals surface area contributed by atoms with Crippen molar-refractivity contribution >= 4 is 0 Å². The van der Waals surface area contributed by atoms with E-state index in [4.69, 9.17) is 0 Å². The minimum absolute atomic E-state index is 0.988. The second-order valence-corrected chi connectivity index (χ2v) is 2.38. The van der Waals surface area contributed by atoms with Crippen molar-refractivity contribution in [1.82, 2.24) is 9.88 Å². The van der Waals surface area contributed by atoms with Crippen LogP contribution in [0.2, 0.25) is 0 Å². The summed E-state index contributed by atoms with van der Waals surface area (Å²) in [6.45, 7) is 2.12. The van der Waals surface area contributed by atoms with Crippen LogP contribution in [0.25, 0.3) is 0 Å². The molecule has 0 aromatic carbocycles. The van der Waals surface area contributed by atoms with E-state index in [1.54, 1.807) is 0 Å². The van der Waals surface area contributed by atoms with Gasteiger partial charge >= 0.3 is 0 Å². The first-order valence-corrected chi connectivity index (χ1v) is 3.31. The lowest BCUT2D eigenvalue weighted by molar-refractivity contribution is 0.496. The maximum Gasteiger partial charge on any atom is 0.0722 e. The molecule has 2 heterocycles. The molecule has 1 aromatic rings. The van der Waals surface area contributed by atoms with Crippen molar-refractivity contribution in [2.24, 2.45) is 0 Å². The SMILES string of the molecule is c1cc2n(c1)CNCC2. The van der Waals surface area contributed by atoms with Crippen LogP contribution in [-0.2, 0) is 13.1 Å². The summed E-state index contributed by atoms with van der Waals surface area (Å²) in [5.74, 6) is 0. The fourth-order valence-electron chi connectivity index (χ4n) is 1.25. The Morgan fingerprint density at radius 2 is 2.56 bits per heavy atom. The lowest BCUT2D eigenvalue weighted by atomic mass is 10.3. The highest BCUT2D eigenvalue weighted by Gasteiger charge is 2.03. The smallest absolute Gasteiger partial charge is 0.0722 e. The fraction of sp³-hybridized carbons (Fsp3) is 0.429. The number of nitrogens with zero attached hydrogens (tertiary/aromatic N) is 1. The van der Waals surface area contributed by atoms with E-state index in [2.05, 4.69) is 28.2 Å². The Morgan fingerprint density at radius 1 is 1.56 bits per heavy atom. The van der Waals surface area contributed by atoms with Gasteiger partial charge in [-0.15, -0.1) is 0 Å². The predicted molar refractivity (Wildman–Crippen MR) is 36.1 cm³/mol. The molecule has 1 aromatic heterocycles. The van der Waals surface area contributed by atoms with Crippen molar-refractivity contribution in [3.63, 3.8) is 0 Å². The molecule has 0 amide bonds. The maximum atomic E-state index is 3.29. The minimum Gasteiger partial charge on any atom is -0.338 e. The van der Waals surface area contributed by atoms with Gasteiger partial charge in [0.1, 0.15) is 0 Å². The van der Waals surface area contributed by atoms with Gasteiger partial charge in [0, 0.05) is 24.9 Å². The average molecular weight is 122 g/mol. The number of hydrogen-bond donors (Lipinski definition) is 1. The third kappa shape index (κ3) is 0.754. The van der Waals surface area contributed by atoms with Gasteiger partial charge in [0.25, 0.3) is 0 Å². The molecule has 0 aliphatic carbocycles. The quantitative estimate of drug-likeness (QED) is 0.533. The molecular formula is C7H10N2. The Bertz CT molecular complexity index is 182. The molecule has 0 atom stereocenters. The molecule has 0 saturated heterocycles. The molecule has 48 valence electrons. The standard InChI is InChI=1S/C7H10N2/c1-2-7-3-4-8-6-9(7)5-1/h1-2,5,8H,3-4,6H2. The lowest BCUT2D eigenvalue weighted by Crippen LogP contribution is -2.27. The van der Waals surface area contributed by atoms with Crippen LogP contribution in [0.3, 0.4) is 0 Å². The zero-order chi connectivity index (χ0) is 6.10. The highest BCUT2D eigenvalue weighted by Crippen LogP contribution is 2.04. The van der Waals surface area contributed by atoms with Crippen molar-refractivity contribution in [3.05, 3.63) is 24.0 Å². The van der Waals surface area contributed by atoms with Crippen LogP contribution in [0, 0.1) is 0 Å². The molecule has 0 spiro atoms. The van der Waals surface area contributed by atoms with Crippen LogP contribution in [-0.4, -0.2) is 11.1 Å². The monoisotopic (exact) mass is 122 g/mol. The summed E-state index contributed by atoms with van der Waals surface area (Å²) >= 11 is 0. The first-order chi connectivity index (χ1) is 4.47. The molecule has 0 fully saturated rings. The highest BCUT2D eigenvalue weighted by molar-refractivity contribution is 5.08. The summed E-state index contributed by atoms with van der Waals surface area (Å²) in [6, 6.07) is 4.28. The second kappa shape index (κ2) is 1.88. The summed E-state index contributed by atoms with van der Waals surface area (Å²) in [5, 5.41) is 3.29. The predicted octanol–water partition coefficient (Wildman–Crippen LogP) is 0.591. The molecule has 2 heteroatoms. The molecule has 1 N–H and O–H groups in total. The van der Waals surface area contributed by atoms with Gasteiger partial charge < -0.3 is 4.57 Å². The van der Waals surface area contributed by atoms with Crippen LogP contribution in [0.5, 0.6) is 0 Å². The Balaban J connectivity index is 2.39. The largest absolute Gasteiger partial charge is 0.338 e. The number of rotatable bonds is 0. The topological polar surface area (TPSA) is 17.0 Å². The van der Waals surface area contributed by atoms with E-state index < -0.39 is 0 Å². The summed E-state index contributed by atoms with van der Waals surface area (Å²) in [6.07, 6.45) is 3.29. The van der Waals surface area contributed by atoms with Gasteiger partial charge in [-0.05, 0) is 12.1 Å². The van der Waals surface area contributed by atoms with Gasteiger partial charge in [0.15, 0.2) is 0 Å². The molecule has 0 radical (unpaired) electrons. The van der Waals surface area contributed by atoms with Crippen molar-refractivity contribution in [3.8, 4) is 0 Å². The Kier molecular flexibility index (Phi) is 1.06. The molecular weight excluding hydrogens is 112 g/mol. The first kappa shape index (κ1) is 5.06. The third-order valence-corrected chi connectivity index (χ3v) is 1.76. The Hall–Kier alpha value is -0.760. The van der Waals surface area contributed by atoms with Crippen LogP contribution in [0.4, 0.5) is 0 Å². The summed E-state index contributed by atoms with van der Waals surface area (Å²) in [4.78, 5) is 0. The van der Waals surface area contributed by atoms with Crippen molar-refractivity contribution in [2.45, 2.75) is 13.1 Å². The van der Waals surface area contributed by atoms with Crippen molar-refractivity contribution in [2.75, 3.05) is 6.54 Å². The van der Waals surface area contributed by atoms with Gasteiger partial charge in [-0.3, -0.25) is 5.32 Å². The molecule has 1 aliphatic rings. The van der Waals surface area contributed by atoms with E-state index in [9.17, 15) is 0 Å². The number of fused-ring (bicyclic) bond motifs is 1. The average Bonchev–Trinajstić information content (AvgIpc) is 2.33. The molecule has 2 rings (SSSR count). The molecule has 9 heavy (non-hydrogen) atoms. The van der Waals surface area contributed by atoms with Crippen LogP contribution < -0.4 is 5.32 Å². The molecule has 0 saturated carbocycles. The van der Waals surface area contributed by atoms with E-state index in [1.165, 1.54) is 12.1 Å². The maximum absolute atomic E-state index is 3.29. The van der Waals surface area contributed by atoms with Crippen LogP contribution in [0.1, 0.15) is 5.69 Å². The molecule has 2 nitrogen and oxygen atoms in total. The molecule has 0 unspecified atom stereocenters. The van der Waals surface area contributed by atoms with E-state index in [1.807, 2.05) is 0 Å². The van der Waals surface area contributed by atoms with Gasteiger partial charge in [0.05, 0.1) is 6.67 Å². The number of aromatic nitrogens is 1. The molecule has 0 bridgehead atoms. The van der Waals surface area contributed by atoms with Crippen molar-refractivity contribution in [1.29, 1.82) is 0 Å². The van der Waals surface area contributed by atoms with Crippen LogP contribution >= 0.6 is 0 Å². The summed E-state index contributed by atoms with van der Waals surface area (Å²) in [7, 11) is 0. The van der Waals surface area contributed by atoms with E-state index in [0.29, 0.717) is 0 Å². The zero-order valence-corrected chi connectivity index (χ0v) is 5.30. The number of hydrogen-bond acceptors (Lipinski definition) is 1. The minimum atomic E-state index is 0.988. The second-order valence-electron chi connectivity index (χ2n) is 2.38. The Labute approximate surface area is 54.5 Å². The summed E-state index contributed by atoms with van der Waals surface area (Å²) in [5.41, 5.74) is 1.45.